The summed E-state index contributed by atoms with van der Waals surface area (Å²) < 4.78 is 5.42. The Morgan fingerprint density at radius 3 is 2.17 bits per heavy atom. The maximum atomic E-state index is 11.6. The smallest absolute Gasteiger partial charge is 0.327 e. The van der Waals surface area contributed by atoms with Gasteiger partial charge in [-0.2, -0.15) is 0 Å². The molecule has 1 aromatic rings. The SMILES string of the molecule is Cc1cc(Cl)cc(C)c1OCC(=O)NNC(=O)C(=O)NC(C)C. The number of hydrazine groups is 1. The number of aryl methyl sites for hydroxylation is 2. The molecule has 1 aromatic carbocycles. The molecule has 0 aromatic heterocycles. The molecule has 0 bridgehead atoms. The van der Waals surface area contributed by atoms with Gasteiger partial charge in [0.1, 0.15) is 5.75 Å². The molecule has 0 radical (unpaired) electrons. The van der Waals surface area contributed by atoms with E-state index < -0.39 is 17.7 Å². The van der Waals surface area contributed by atoms with E-state index in [0.717, 1.165) is 11.1 Å². The molecule has 126 valence electrons. The number of benzene rings is 1. The first-order valence-electron chi connectivity index (χ1n) is 7.00. The molecule has 0 unspecified atom stereocenters. The van der Waals surface area contributed by atoms with Gasteiger partial charge in [0.05, 0.1) is 0 Å². The van der Waals surface area contributed by atoms with Gasteiger partial charge >= 0.3 is 11.8 Å². The first-order chi connectivity index (χ1) is 10.7. The largest absolute Gasteiger partial charge is 0.483 e. The lowest BCUT2D eigenvalue weighted by atomic mass is 10.1. The topological polar surface area (TPSA) is 96.5 Å². The van der Waals surface area contributed by atoms with Crippen molar-refractivity contribution in [3.63, 3.8) is 0 Å². The van der Waals surface area contributed by atoms with Crippen LogP contribution in [0.1, 0.15) is 25.0 Å². The Morgan fingerprint density at radius 2 is 1.65 bits per heavy atom. The molecular weight excluding hydrogens is 322 g/mol. The van der Waals surface area contributed by atoms with Gasteiger partial charge in [-0.05, 0) is 51.0 Å². The van der Waals surface area contributed by atoms with Crippen molar-refractivity contribution in [2.45, 2.75) is 33.7 Å². The molecule has 23 heavy (non-hydrogen) atoms. The Labute approximate surface area is 139 Å². The highest BCUT2D eigenvalue weighted by Gasteiger charge is 2.15. The van der Waals surface area contributed by atoms with E-state index in [1.807, 2.05) is 19.3 Å². The summed E-state index contributed by atoms with van der Waals surface area (Å²) in [6.45, 7) is 6.74. The van der Waals surface area contributed by atoms with Crippen LogP contribution in [-0.2, 0) is 14.4 Å². The number of amides is 3. The molecule has 0 aliphatic rings. The van der Waals surface area contributed by atoms with Crippen molar-refractivity contribution in [3.8, 4) is 5.75 Å². The van der Waals surface area contributed by atoms with Crippen LogP contribution in [0.25, 0.3) is 0 Å². The molecule has 8 heteroatoms. The minimum absolute atomic E-state index is 0.178. The number of nitrogens with one attached hydrogen (secondary N) is 3. The molecule has 0 aliphatic carbocycles. The van der Waals surface area contributed by atoms with E-state index in [9.17, 15) is 14.4 Å². The van der Waals surface area contributed by atoms with Crippen molar-refractivity contribution >= 4 is 29.3 Å². The maximum Gasteiger partial charge on any atom is 0.327 e. The van der Waals surface area contributed by atoms with E-state index in [1.165, 1.54) is 0 Å². The van der Waals surface area contributed by atoms with Crippen molar-refractivity contribution in [2.24, 2.45) is 0 Å². The van der Waals surface area contributed by atoms with Gasteiger partial charge < -0.3 is 10.1 Å². The average Bonchev–Trinajstić information content (AvgIpc) is 2.42. The summed E-state index contributed by atoms with van der Waals surface area (Å²) in [5.41, 5.74) is 5.71. The predicted octanol–water partition coefficient (Wildman–Crippen LogP) is 1.01. The van der Waals surface area contributed by atoms with Crippen LogP contribution >= 0.6 is 11.6 Å². The average molecular weight is 342 g/mol. The fourth-order valence-electron chi connectivity index (χ4n) is 1.81. The lowest BCUT2D eigenvalue weighted by Crippen LogP contribution is -2.50. The van der Waals surface area contributed by atoms with Crippen molar-refractivity contribution < 1.29 is 19.1 Å². The van der Waals surface area contributed by atoms with Crippen LogP contribution in [0.5, 0.6) is 5.75 Å². The van der Waals surface area contributed by atoms with E-state index in [1.54, 1.807) is 26.0 Å². The molecule has 0 saturated carbocycles. The highest BCUT2D eigenvalue weighted by atomic mass is 35.5. The third-order valence-electron chi connectivity index (χ3n) is 2.71. The van der Waals surface area contributed by atoms with Crippen LogP contribution in [0.15, 0.2) is 12.1 Å². The van der Waals surface area contributed by atoms with Crippen molar-refractivity contribution in [1.82, 2.24) is 16.2 Å². The normalized spacial score (nSPS) is 10.2. The van der Waals surface area contributed by atoms with E-state index in [2.05, 4.69) is 10.7 Å². The van der Waals surface area contributed by atoms with Gasteiger partial charge in [-0.3, -0.25) is 25.2 Å². The summed E-state index contributed by atoms with van der Waals surface area (Å²) in [5, 5.41) is 2.98. The molecule has 0 aliphatic heterocycles. The van der Waals surface area contributed by atoms with Crippen LogP contribution in [0, 0.1) is 13.8 Å². The van der Waals surface area contributed by atoms with Gasteiger partial charge in [-0.1, -0.05) is 11.6 Å². The second-order valence-corrected chi connectivity index (χ2v) is 5.72. The zero-order valence-corrected chi connectivity index (χ0v) is 14.2. The molecule has 0 spiro atoms. The van der Waals surface area contributed by atoms with Gasteiger partial charge in [0.2, 0.25) is 0 Å². The molecule has 0 fully saturated rings. The molecular formula is C15H20ClN3O4. The second kappa shape index (κ2) is 8.38. The number of halogens is 1. The Kier molecular flexibility index (Phi) is 6.84. The second-order valence-electron chi connectivity index (χ2n) is 5.29. The number of hydrogen-bond acceptors (Lipinski definition) is 4. The fraction of sp³-hybridized carbons (Fsp3) is 0.400. The van der Waals surface area contributed by atoms with Crippen LogP contribution < -0.4 is 20.9 Å². The number of hydrogen-bond donors (Lipinski definition) is 3. The highest BCUT2D eigenvalue weighted by molar-refractivity contribution is 6.35. The van der Waals surface area contributed by atoms with E-state index in [-0.39, 0.29) is 12.6 Å². The van der Waals surface area contributed by atoms with Crippen molar-refractivity contribution in [1.29, 1.82) is 0 Å². The van der Waals surface area contributed by atoms with Gasteiger partial charge in [0.25, 0.3) is 5.91 Å². The van der Waals surface area contributed by atoms with Crippen LogP contribution in [0.3, 0.4) is 0 Å². The number of carbonyl (C=O) groups is 3. The zero-order chi connectivity index (χ0) is 17.6. The zero-order valence-electron chi connectivity index (χ0n) is 13.5. The van der Waals surface area contributed by atoms with Gasteiger partial charge in [-0.25, -0.2) is 0 Å². The van der Waals surface area contributed by atoms with Crippen molar-refractivity contribution in [2.75, 3.05) is 6.61 Å². The summed E-state index contributed by atoms with van der Waals surface area (Å²) in [5.74, 6) is -1.82. The summed E-state index contributed by atoms with van der Waals surface area (Å²) in [7, 11) is 0. The molecule has 1 rings (SSSR count). The Hall–Kier alpha value is -2.28. The lowest BCUT2D eigenvalue weighted by molar-refractivity contribution is -0.141. The highest BCUT2D eigenvalue weighted by Crippen LogP contribution is 2.26. The summed E-state index contributed by atoms with van der Waals surface area (Å²) in [6.07, 6.45) is 0. The van der Waals surface area contributed by atoms with Crippen LogP contribution in [0.4, 0.5) is 0 Å². The Morgan fingerprint density at radius 1 is 1.09 bits per heavy atom. The summed E-state index contributed by atoms with van der Waals surface area (Å²) >= 11 is 5.91. The van der Waals surface area contributed by atoms with E-state index in [4.69, 9.17) is 16.3 Å². The maximum absolute atomic E-state index is 11.6. The first kappa shape index (κ1) is 18.8. The molecule has 0 saturated heterocycles. The number of carbonyl (C=O) groups excluding carboxylic acids is 3. The van der Waals surface area contributed by atoms with Crippen LogP contribution in [-0.4, -0.2) is 30.4 Å². The van der Waals surface area contributed by atoms with Crippen molar-refractivity contribution in [3.05, 3.63) is 28.3 Å². The number of ether oxygens (including phenoxy) is 1. The molecule has 7 nitrogen and oxygen atoms in total. The standard InChI is InChI=1S/C15H20ClN3O4/c1-8(2)17-14(21)15(22)19-18-12(20)7-23-13-9(3)5-11(16)6-10(13)4/h5-6,8H,7H2,1-4H3,(H,17,21)(H,18,20)(H,19,22). The van der Waals surface area contributed by atoms with Gasteiger partial charge in [0.15, 0.2) is 6.61 Å². The monoisotopic (exact) mass is 341 g/mol. The molecule has 0 heterocycles. The van der Waals surface area contributed by atoms with Crippen LogP contribution in [0.2, 0.25) is 5.02 Å². The van der Waals surface area contributed by atoms with E-state index in [0.29, 0.717) is 10.8 Å². The third kappa shape index (κ3) is 6.15. The molecule has 3 amide bonds. The lowest BCUT2D eigenvalue weighted by Gasteiger charge is -2.13. The quantitative estimate of drug-likeness (QED) is 0.562. The first-order valence-corrected chi connectivity index (χ1v) is 7.37. The summed E-state index contributed by atoms with van der Waals surface area (Å²) in [6, 6.07) is 3.27. The Balaban J connectivity index is 2.47. The molecule has 3 N–H and O–H groups in total. The Bertz CT molecular complexity index is 594. The molecule has 0 atom stereocenters. The van der Waals surface area contributed by atoms with Gasteiger partial charge in [-0.15, -0.1) is 0 Å². The van der Waals surface area contributed by atoms with Gasteiger partial charge in [0, 0.05) is 11.1 Å². The third-order valence-corrected chi connectivity index (χ3v) is 2.93. The minimum atomic E-state index is -0.953. The fourth-order valence-corrected chi connectivity index (χ4v) is 2.14. The predicted molar refractivity (Wildman–Crippen MR) is 86.0 cm³/mol. The summed E-state index contributed by atoms with van der Waals surface area (Å²) in [4.78, 5) is 34.4. The van der Waals surface area contributed by atoms with E-state index >= 15 is 0 Å². The minimum Gasteiger partial charge on any atom is -0.483 e. The number of rotatable bonds is 4.